The average molecular weight is 286 g/mol. The van der Waals surface area contributed by atoms with Gasteiger partial charge in [-0.2, -0.15) is 5.26 Å². The molecular formula is C15H18N4O2. The van der Waals surface area contributed by atoms with Crippen LogP contribution in [0.1, 0.15) is 28.8 Å². The molecule has 0 aromatic heterocycles. The van der Waals surface area contributed by atoms with Gasteiger partial charge in [0.15, 0.2) is 0 Å². The first-order valence-electron chi connectivity index (χ1n) is 6.87. The molecule has 1 aromatic carbocycles. The summed E-state index contributed by atoms with van der Waals surface area (Å²) in [6.07, 6.45) is 1.40. The van der Waals surface area contributed by atoms with Crippen molar-refractivity contribution < 1.29 is 9.59 Å². The van der Waals surface area contributed by atoms with E-state index in [2.05, 4.69) is 11.4 Å². The smallest absolute Gasteiger partial charge is 0.321 e. The van der Waals surface area contributed by atoms with Crippen molar-refractivity contribution in [2.45, 2.75) is 19.8 Å². The molecule has 0 unspecified atom stereocenters. The van der Waals surface area contributed by atoms with Gasteiger partial charge in [0.25, 0.3) is 0 Å². The summed E-state index contributed by atoms with van der Waals surface area (Å²) in [5.74, 6) is -0.478. The minimum atomic E-state index is -0.515. The Morgan fingerprint density at radius 1 is 1.38 bits per heavy atom. The van der Waals surface area contributed by atoms with Crippen LogP contribution in [0.25, 0.3) is 0 Å². The number of primary amides is 1. The van der Waals surface area contributed by atoms with E-state index in [0.717, 1.165) is 5.56 Å². The minimum Gasteiger partial charge on any atom is -0.366 e. The molecule has 0 bridgehead atoms. The molecule has 0 aliphatic carbocycles. The van der Waals surface area contributed by atoms with E-state index in [1.54, 1.807) is 30.0 Å². The first-order chi connectivity index (χ1) is 10.0. The Hall–Kier alpha value is -2.55. The lowest BCUT2D eigenvalue weighted by atomic mass is 9.99. The van der Waals surface area contributed by atoms with E-state index in [-0.39, 0.29) is 11.9 Å². The molecule has 0 atom stereocenters. The fraction of sp³-hybridized carbons (Fsp3) is 0.400. The number of anilines is 1. The van der Waals surface area contributed by atoms with E-state index in [1.165, 1.54) is 0 Å². The highest BCUT2D eigenvalue weighted by molar-refractivity contribution is 5.97. The molecule has 1 fully saturated rings. The molecule has 0 spiro atoms. The van der Waals surface area contributed by atoms with Crippen molar-refractivity contribution in [2.24, 2.45) is 11.7 Å². The minimum absolute atomic E-state index is 0.0369. The van der Waals surface area contributed by atoms with Gasteiger partial charge >= 0.3 is 6.03 Å². The van der Waals surface area contributed by atoms with Crippen LogP contribution < -0.4 is 11.1 Å². The maximum atomic E-state index is 12.1. The normalized spacial score (nSPS) is 15.3. The Morgan fingerprint density at radius 3 is 2.62 bits per heavy atom. The first kappa shape index (κ1) is 14.9. The first-order valence-corrected chi connectivity index (χ1v) is 6.87. The van der Waals surface area contributed by atoms with Gasteiger partial charge in [-0.1, -0.05) is 6.07 Å². The Bertz CT molecular complexity index is 598. The molecule has 3 N–H and O–H groups in total. The Labute approximate surface area is 123 Å². The maximum Gasteiger partial charge on any atom is 0.321 e. The zero-order chi connectivity index (χ0) is 15.4. The second-order valence-corrected chi connectivity index (χ2v) is 5.21. The molecule has 1 aliphatic rings. The number of carbonyl (C=O) groups is 2. The predicted octanol–water partition coefficient (Wildman–Crippen LogP) is 1.86. The van der Waals surface area contributed by atoms with E-state index in [9.17, 15) is 9.59 Å². The van der Waals surface area contributed by atoms with Crippen LogP contribution in [-0.2, 0) is 0 Å². The van der Waals surface area contributed by atoms with Crippen LogP contribution in [0.15, 0.2) is 18.2 Å². The molecule has 3 amide bonds. The lowest BCUT2D eigenvalue weighted by Gasteiger charge is -2.29. The van der Waals surface area contributed by atoms with Gasteiger partial charge < -0.3 is 16.0 Å². The highest BCUT2D eigenvalue weighted by atomic mass is 16.2. The second kappa shape index (κ2) is 6.27. The van der Waals surface area contributed by atoms with Crippen molar-refractivity contribution in [3.8, 4) is 6.07 Å². The van der Waals surface area contributed by atoms with Gasteiger partial charge in [0.05, 0.1) is 6.07 Å². The van der Waals surface area contributed by atoms with Gasteiger partial charge in [-0.25, -0.2) is 4.79 Å². The number of nitriles is 1. The van der Waals surface area contributed by atoms with E-state index >= 15 is 0 Å². The van der Waals surface area contributed by atoms with Crippen molar-refractivity contribution >= 4 is 17.6 Å². The van der Waals surface area contributed by atoms with Crippen molar-refractivity contribution in [3.63, 3.8) is 0 Å². The predicted molar refractivity (Wildman–Crippen MR) is 78.6 cm³/mol. The molecule has 0 saturated carbocycles. The topological polar surface area (TPSA) is 99.2 Å². The van der Waals surface area contributed by atoms with E-state index in [1.807, 2.05) is 0 Å². The van der Waals surface area contributed by atoms with E-state index in [4.69, 9.17) is 11.0 Å². The van der Waals surface area contributed by atoms with E-state index in [0.29, 0.717) is 37.2 Å². The van der Waals surface area contributed by atoms with Gasteiger partial charge in [0, 0.05) is 30.3 Å². The number of nitrogens with zero attached hydrogens (tertiary/aromatic N) is 2. The van der Waals surface area contributed by atoms with Crippen LogP contribution in [0.2, 0.25) is 0 Å². The van der Waals surface area contributed by atoms with Gasteiger partial charge in [-0.05, 0) is 37.5 Å². The summed E-state index contributed by atoms with van der Waals surface area (Å²) in [7, 11) is 0. The SMILES string of the molecule is Cc1ccc(NC(=O)N2CCC(C#N)CC2)cc1C(N)=O. The quantitative estimate of drug-likeness (QED) is 0.867. The summed E-state index contributed by atoms with van der Waals surface area (Å²) in [6, 6.07) is 7.08. The fourth-order valence-corrected chi connectivity index (χ4v) is 2.38. The molecule has 6 nitrogen and oxygen atoms in total. The molecule has 21 heavy (non-hydrogen) atoms. The van der Waals surface area contributed by atoms with Gasteiger partial charge in [-0.3, -0.25) is 4.79 Å². The molecule has 1 aromatic rings. The summed E-state index contributed by atoms with van der Waals surface area (Å²) in [5.41, 5.74) is 7.01. The van der Waals surface area contributed by atoms with Crippen LogP contribution >= 0.6 is 0 Å². The van der Waals surface area contributed by atoms with Crippen molar-refractivity contribution in [3.05, 3.63) is 29.3 Å². The molecule has 1 heterocycles. The Kier molecular flexibility index (Phi) is 4.43. The van der Waals surface area contributed by atoms with Crippen LogP contribution in [0.3, 0.4) is 0 Å². The van der Waals surface area contributed by atoms with Gasteiger partial charge in [0.2, 0.25) is 5.91 Å². The number of hydrogen-bond donors (Lipinski definition) is 2. The third kappa shape index (κ3) is 3.51. The fourth-order valence-electron chi connectivity index (χ4n) is 2.38. The van der Waals surface area contributed by atoms with Crippen LogP contribution in [0.4, 0.5) is 10.5 Å². The third-order valence-electron chi connectivity index (χ3n) is 3.72. The second-order valence-electron chi connectivity index (χ2n) is 5.21. The summed E-state index contributed by atoms with van der Waals surface area (Å²) < 4.78 is 0. The molecule has 1 aliphatic heterocycles. The standard InChI is InChI=1S/C15H18N4O2/c1-10-2-3-12(8-13(10)14(17)20)18-15(21)19-6-4-11(9-16)5-7-19/h2-3,8,11H,4-7H2,1H3,(H2,17,20)(H,18,21). The molecular weight excluding hydrogens is 268 g/mol. The number of hydrogen-bond acceptors (Lipinski definition) is 3. The van der Waals surface area contributed by atoms with E-state index < -0.39 is 5.91 Å². The number of benzene rings is 1. The molecule has 2 rings (SSSR count). The molecule has 1 saturated heterocycles. The zero-order valence-corrected chi connectivity index (χ0v) is 11.9. The summed E-state index contributed by atoms with van der Waals surface area (Å²) in [5, 5.41) is 11.6. The number of amides is 3. The highest BCUT2D eigenvalue weighted by Crippen LogP contribution is 2.19. The summed E-state index contributed by atoms with van der Waals surface area (Å²) in [4.78, 5) is 25.1. The zero-order valence-electron chi connectivity index (χ0n) is 11.9. The highest BCUT2D eigenvalue weighted by Gasteiger charge is 2.22. The number of rotatable bonds is 2. The molecule has 110 valence electrons. The monoisotopic (exact) mass is 286 g/mol. The number of piperidine rings is 1. The average Bonchev–Trinajstić information content (AvgIpc) is 2.49. The maximum absolute atomic E-state index is 12.1. The Morgan fingerprint density at radius 2 is 2.05 bits per heavy atom. The third-order valence-corrected chi connectivity index (χ3v) is 3.72. The van der Waals surface area contributed by atoms with Crippen molar-refractivity contribution in [1.29, 1.82) is 5.26 Å². The Balaban J connectivity index is 2.02. The lowest BCUT2D eigenvalue weighted by Crippen LogP contribution is -2.40. The number of aryl methyl sites for hydroxylation is 1. The van der Waals surface area contributed by atoms with Crippen molar-refractivity contribution in [1.82, 2.24) is 4.90 Å². The summed E-state index contributed by atoms with van der Waals surface area (Å²) in [6.45, 7) is 2.93. The number of likely N-dealkylation sites (tertiary alicyclic amines) is 1. The number of urea groups is 1. The largest absolute Gasteiger partial charge is 0.366 e. The summed E-state index contributed by atoms with van der Waals surface area (Å²) >= 11 is 0. The van der Waals surface area contributed by atoms with Crippen LogP contribution in [0, 0.1) is 24.2 Å². The van der Waals surface area contributed by atoms with Gasteiger partial charge in [0.1, 0.15) is 0 Å². The number of nitrogens with one attached hydrogen (secondary N) is 1. The van der Waals surface area contributed by atoms with Crippen molar-refractivity contribution in [2.75, 3.05) is 18.4 Å². The number of carbonyl (C=O) groups excluding carboxylic acids is 2. The van der Waals surface area contributed by atoms with Gasteiger partial charge in [-0.15, -0.1) is 0 Å². The van der Waals surface area contributed by atoms with Crippen LogP contribution in [0.5, 0.6) is 0 Å². The van der Waals surface area contributed by atoms with Crippen LogP contribution in [-0.4, -0.2) is 29.9 Å². The molecule has 6 heteroatoms. The lowest BCUT2D eigenvalue weighted by molar-refractivity contribution is 0.0999. The number of nitrogens with two attached hydrogens (primary N) is 1. The molecule has 0 radical (unpaired) electrons.